The molecule has 2 fully saturated rings. The lowest BCUT2D eigenvalue weighted by molar-refractivity contribution is 0.00937. The Balaban J connectivity index is 0.000000270. The van der Waals surface area contributed by atoms with Crippen LogP contribution in [0.25, 0.3) is 0 Å². The molecule has 2 unspecified atom stereocenters. The highest BCUT2D eigenvalue weighted by Gasteiger charge is 2.22. The molecule has 0 aliphatic carbocycles. The zero-order valence-corrected chi connectivity index (χ0v) is 13.9. The molecule has 9 nitrogen and oxygen atoms in total. The second kappa shape index (κ2) is 11.9. The molecular formula is C16H26O9. The highest BCUT2D eigenvalue weighted by molar-refractivity contribution is 5.47. The Morgan fingerprint density at radius 2 is 1.20 bits per heavy atom. The van der Waals surface area contributed by atoms with E-state index in [0.29, 0.717) is 51.8 Å². The summed E-state index contributed by atoms with van der Waals surface area (Å²) in [6.07, 6.45) is 0.679. The Morgan fingerprint density at radius 3 is 1.56 bits per heavy atom. The first-order valence-electron chi connectivity index (χ1n) is 7.83. The molecule has 9 heteroatoms. The van der Waals surface area contributed by atoms with Crippen molar-refractivity contribution in [3.63, 3.8) is 0 Å². The van der Waals surface area contributed by atoms with Gasteiger partial charge in [0.25, 0.3) is 0 Å². The number of aromatic hydroxyl groups is 3. The van der Waals surface area contributed by atoms with E-state index in [9.17, 15) is 0 Å². The van der Waals surface area contributed by atoms with Crippen molar-refractivity contribution >= 4 is 0 Å². The first-order chi connectivity index (χ1) is 11.7. The molecule has 5 N–H and O–H groups in total. The third-order valence-corrected chi connectivity index (χ3v) is 3.15. The van der Waals surface area contributed by atoms with Crippen LogP contribution in [0.2, 0.25) is 0 Å². The van der Waals surface area contributed by atoms with E-state index in [2.05, 4.69) is 0 Å². The maximum atomic E-state index is 8.71. The largest absolute Gasteiger partial charge is 0.504 e. The van der Waals surface area contributed by atoms with Crippen molar-refractivity contribution in [3.8, 4) is 17.2 Å². The van der Waals surface area contributed by atoms with Gasteiger partial charge in [-0.1, -0.05) is 6.07 Å². The second-order valence-electron chi connectivity index (χ2n) is 5.32. The third kappa shape index (κ3) is 10.1. The van der Waals surface area contributed by atoms with Crippen LogP contribution in [0, 0.1) is 0 Å². The molecule has 1 aromatic rings. The van der Waals surface area contributed by atoms with Gasteiger partial charge in [0, 0.05) is 0 Å². The lowest BCUT2D eigenvalue weighted by Crippen LogP contribution is -2.12. The van der Waals surface area contributed by atoms with Crippen molar-refractivity contribution in [2.75, 3.05) is 52.9 Å². The zero-order valence-electron chi connectivity index (χ0n) is 13.9. The summed E-state index contributed by atoms with van der Waals surface area (Å²) in [5.74, 6) is -1.09. The normalized spacial score (nSPS) is 20.2. The van der Waals surface area contributed by atoms with Crippen LogP contribution < -0.4 is 0 Å². The fourth-order valence-corrected chi connectivity index (χ4v) is 1.62. The number of rotatable bonds is 10. The van der Waals surface area contributed by atoms with Crippen LogP contribution in [0.15, 0.2) is 18.2 Å². The van der Waals surface area contributed by atoms with Gasteiger partial charge in [-0.15, -0.1) is 0 Å². The van der Waals surface area contributed by atoms with Crippen LogP contribution in [0.5, 0.6) is 17.2 Å². The van der Waals surface area contributed by atoms with Gasteiger partial charge in [0.15, 0.2) is 17.2 Å². The minimum atomic E-state index is -0.475. The Morgan fingerprint density at radius 1 is 0.800 bits per heavy atom. The Kier molecular flexibility index (Phi) is 10.2. The number of phenolic OH excluding ortho intramolecular Hbond substituents is 3. The maximum absolute atomic E-state index is 8.71. The van der Waals surface area contributed by atoms with E-state index in [-0.39, 0.29) is 17.0 Å². The minimum absolute atomic E-state index is 0. The molecule has 144 valence electrons. The Bertz CT molecular complexity index is 436. The molecule has 25 heavy (non-hydrogen) atoms. The van der Waals surface area contributed by atoms with Gasteiger partial charge in [-0.05, 0) is 12.1 Å². The van der Waals surface area contributed by atoms with E-state index in [1.807, 2.05) is 0 Å². The summed E-state index contributed by atoms with van der Waals surface area (Å²) in [6, 6.07) is 4.01. The fraction of sp³-hybridized carbons (Fsp3) is 0.625. The fourth-order valence-electron chi connectivity index (χ4n) is 1.62. The number of para-hydroxylation sites is 1. The van der Waals surface area contributed by atoms with E-state index < -0.39 is 5.75 Å². The van der Waals surface area contributed by atoms with Gasteiger partial charge in [0.2, 0.25) is 0 Å². The monoisotopic (exact) mass is 362 g/mol. The molecule has 1 aromatic carbocycles. The summed E-state index contributed by atoms with van der Waals surface area (Å²) < 4.78 is 25.9. The molecule has 0 amide bonds. The zero-order chi connectivity index (χ0) is 17.2. The number of phenols is 3. The SMILES string of the molecule is C(COCC1CO1)OCCOCC1CO1.O.Oc1cccc(O)c1O. The molecule has 0 saturated carbocycles. The topological polar surface area (TPSA) is 145 Å². The van der Waals surface area contributed by atoms with Crippen LogP contribution in [0.3, 0.4) is 0 Å². The van der Waals surface area contributed by atoms with E-state index in [4.69, 9.17) is 39.0 Å². The van der Waals surface area contributed by atoms with Crippen molar-refractivity contribution in [1.82, 2.24) is 0 Å². The first kappa shape index (κ1) is 21.4. The van der Waals surface area contributed by atoms with E-state index in [1.165, 1.54) is 18.2 Å². The standard InChI is InChI=1S/C10H18O5.C6H6O3.H2O/c1(3-12-5-9-7-14-9)11-2-4-13-6-10-8-15-10;7-4-2-1-3-5(8)6(4)9;/h9-10H,1-8H2;1-3,7-9H;1H2. The number of hydrogen-bond donors (Lipinski definition) is 3. The number of hydrogen-bond acceptors (Lipinski definition) is 8. The van der Waals surface area contributed by atoms with Crippen LogP contribution in [-0.2, 0) is 23.7 Å². The average molecular weight is 362 g/mol. The molecule has 2 aliphatic heterocycles. The molecule has 2 atom stereocenters. The van der Waals surface area contributed by atoms with Gasteiger partial charge in [-0.3, -0.25) is 0 Å². The van der Waals surface area contributed by atoms with Crippen LogP contribution in [0.1, 0.15) is 0 Å². The van der Waals surface area contributed by atoms with Crippen molar-refractivity contribution in [3.05, 3.63) is 18.2 Å². The van der Waals surface area contributed by atoms with Gasteiger partial charge < -0.3 is 44.5 Å². The second-order valence-corrected chi connectivity index (χ2v) is 5.32. The first-order valence-corrected chi connectivity index (χ1v) is 7.83. The predicted molar refractivity (Wildman–Crippen MR) is 87.0 cm³/mol. The highest BCUT2D eigenvalue weighted by Crippen LogP contribution is 2.32. The summed E-state index contributed by atoms with van der Waals surface area (Å²) >= 11 is 0. The average Bonchev–Trinajstić information content (AvgIpc) is 3.46. The molecular weight excluding hydrogens is 336 g/mol. The molecule has 2 aliphatic rings. The van der Waals surface area contributed by atoms with Gasteiger partial charge >= 0.3 is 0 Å². The molecule has 0 radical (unpaired) electrons. The summed E-state index contributed by atoms with van der Waals surface area (Å²) in [6.45, 7) is 5.58. The van der Waals surface area contributed by atoms with Gasteiger partial charge in [0.1, 0.15) is 12.2 Å². The maximum Gasteiger partial charge on any atom is 0.200 e. The summed E-state index contributed by atoms with van der Waals surface area (Å²) in [5.41, 5.74) is 0. The lowest BCUT2D eigenvalue weighted by atomic mass is 10.3. The van der Waals surface area contributed by atoms with Gasteiger partial charge in [-0.2, -0.15) is 0 Å². The van der Waals surface area contributed by atoms with Crippen molar-refractivity contribution in [2.24, 2.45) is 0 Å². The summed E-state index contributed by atoms with van der Waals surface area (Å²) in [5, 5.41) is 26.1. The van der Waals surface area contributed by atoms with Crippen LogP contribution in [-0.4, -0.2) is 85.9 Å². The number of ether oxygens (including phenoxy) is 5. The summed E-state index contributed by atoms with van der Waals surface area (Å²) in [7, 11) is 0. The number of epoxide rings is 2. The smallest absolute Gasteiger partial charge is 0.200 e. The van der Waals surface area contributed by atoms with Crippen molar-refractivity contribution < 1.29 is 44.5 Å². The van der Waals surface area contributed by atoms with Crippen molar-refractivity contribution in [1.29, 1.82) is 0 Å². The minimum Gasteiger partial charge on any atom is -0.504 e. The molecule has 2 heterocycles. The van der Waals surface area contributed by atoms with E-state index in [0.717, 1.165) is 13.2 Å². The van der Waals surface area contributed by atoms with E-state index >= 15 is 0 Å². The van der Waals surface area contributed by atoms with Crippen molar-refractivity contribution in [2.45, 2.75) is 12.2 Å². The molecule has 0 spiro atoms. The molecule has 0 bridgehead atoms. The predicted octanol–water partition coefficient (Wildman–Crippen LogP) is -0.187. The van der Waals surface area contributed by atoms with Crippen LogP contribution >= 0.6 is 0 Å². The lowest BCUT2D eigenvalue weighted by Gasteiger charge is -2.05. The van der Waals surface area contributed by atoms with Gasteiger partial charge in [-0.25, -0.2) is 0 Å². The summed E-state index contributed by atoms with van der Waals surface area (Å²) in [4.78, 5) is 0. The quantitative estimate of drug-likeness (QED) is 0.295. The highest BCUT2D eigenvalue weighted by atomic mass is 16.6. The van der Waals surface area contributed by atoms with Gasteiger partial charge in [0.05, 0.1) is 52.9 Å². The Hall–Kier alpha value is -1.62. The molecule has 3 rings (SSSR count). The molecule has 0 aromatic heterocycles. The third-order valence-electron chi connectivity index (χ3n) is 3.15. The number of benzene rings is 1. The van der Waals surface area contributed by atoms with E-state index in [1.54, 1.807) is 0 Å². The molecule has 2 saturated heterocycles. The van der Waals surface area contributed by atoms with Crippen LogP contribution in [0.4, 0.5) is 0 Å². The Labute approximate surface area is 146 Å².